The third-order valence-corrected chi connectivity index (χ3v) is 2.72. The van der Waals surface area contributed by atoms with Gasteiger partial charge in [-0.05, 0) is 25.2 Å². The Kier molecular flexibility index (Phi) is 2.14. The van der Waals surface area contributed by atoms with Crippen molar-refractivity contribution >= 4 is 0 Å². The highest BCUT2D eigenvalue weighted by molar-refractivity contribution is 4.84. The zero-order valence-electron chi connectivity index (χ0n) is 7.18. The van der Waals surface area contributed by atoms with Gasteiger partial charge in [-0.15, -0.1) is 0 Å². The molecule has 2 heteroatoms. The van der Waals surface area contributed by atoms with Gasteiger partial charge in [0.05, 0.1) is 6.10 Å². The minimum absolute atomic E-state index is 0.496. The summed E-state index contributed by atoms with van der Waals surface area (Å²) in [5.74, 6) is 0.765. The summed E-state index contributed by atoms with van der Waals surface area (Å²) < 4.78 is 5.58. The first-order valence-corrected chi connectivity index (χ1v) is 4.71. The lowest BCUT2D eigenvalue weighted by Crippen LogP contribution is -2.31. The second kappa shape index (κ2) is 3.11. The first kappa shape index (κ1) is 7.56. The van der Waals surface area contributed by atoms with Gasteiger partial charge in [-0.3, -0.25) is 0 Å². The molecule has 0 radical (unpaired) electrons. The molecule has 1 aliphatic heterocycles. The predicted molar refractivity (Wildman–Crippen MR) is 44.5 cm³/mol. The quantitative estimate of drug-likeness (QED) is 0.660. The average Bonchev–Trinajstić information content (AvgIpc) is 2.73. The van der Waals surface area contributed by atoms with Crippen molar-refractivity contribution in [2.45, 2.75) is 38.3 Å². The van der Waals surface area contributed by atoms with Crippen molar-refractivity contribution in [3.8, 4) is 0 Å². The van der Waals surface area contributed by atoms with Crippen molar-refractivity contribution in [3.63, 3.8) is 0 Å². The molecule has 0 bridgehead atoms. The van der Waals surface area contributed by atoms with Crippen LogP contribution in [0.5, 0.6) is 0 Å². The molecule has 2 unspecified atom stereocenters. The van der Waals surface area contributed by atoms with E-state index in [-0.39, 0.29) is 0 Å². The molecule has 2 fully saturated rings. The van der Waals surface area contributed by atoms with Crippen LogP contribution >= 0.6 is 0 Å². The van der Waals surface area contributed by atoms with Crippen LogP contribution in [0.15, 0.2) is 0 Å². The van der Waals surface area contributed by atoms with E-state index in [2.05, 4.69) is 12.2 Å². The fourth-order valence-electron chi connectivity index (χ4n) is 1.59. The molecular weight excluding hydrogens is 138 g/mol. The monoisotopic (exact) mass is 155 g/mol. The molecule has 2 rings (SSSR count). The molecule has 0 aromatic rings. The number of rotatable bonds is 3. The van der Waals surface area contributed by atoms with Crippen LogP contribution in [0.3, 0.4) is 0 Å². The third-order valence-electron chi connectivity index (χ3n) is 2.72. The predicted octanol–water partition coefficient (Wildman–Crippen LogP) is 1.16. The SMILES string of the molecule is CC1CCOC1CNC1CC1. The van der Waals surface area contributed by atoms with Crippen LogP contribution in [0.4, 0.5) is 0 Å². The van der Waals surface area contributed by atoms with Crippen molar-refractivity contribution in [1.82, 2.24) is 5.32 Å². The molecular formula is C9H17NO. The highest BCUT2D eigenvalue weighted by Gasteiger charge is 2.27. The van der Waals surface area contributed by atoms with E-state index in [0.717, 1.165) is 25.1 Å². The maximum absolute atomic E-state index is 5.58. The van der Waals surface area contributed by atoms with Crippen LogP contribution < -0.4 is 5.32 Å². The summed E-state index contributed by atoms with van der Waals surface area (Å²) in [4.78, 5) is 0. The Bertz CT molecular complexity index is 134. The molecule has 11 heavy (non-hydrogen) atoms. The maximum Gasteiger partial charge on any atom is 0.0725 e. The number of hydrogen-bond donors (Lipinski definition) is 1. The Hall–Kier alpha value is -0.0800. The van der Waals surface area contributed by atoms with Gasteiger partial charge in [0.15, 0.2) is 0 Å². The van der Waals surface area contributed by atoms with Gasteiger partial charge in [-0.2, -0.15) is 0 Å². The van der Waals surface area contributed by atoms with E-state index in [1.165, 1.54) is 19.3 Å². The van der Waals surface area contributed by atoms with Gasteiger partial charge in [0.25, 0.3) is 0 Å². The normalized spacial score (nSPS) is 37.9. The highest BCUT2D eigenvalue weighted by Crippen LogP contribution is 2.22. The molecule has 2 aliphatic rings. The van der Waals surface area contributed by atoms with E-state index in [0.29, 0.717) is 6.10 Å². The highest BCUT2D eigenvalue weighted by atomic mass is 16.5. The van der Waals surface area contributed by atoms with Crippen molar-refractivity contribution in [1.29, 1.82) is 0 Å². The van der Waals surface area contributed by atoms with Crippen LogP contribution in [0.2, 0.25) is 0 Å². The van der Waals surface area contributed by atoms with E-state index < -0.39 is 0 Å². The van der Waals surface area contributed by atoms with E-state index in [4.69, 9.17) is 4.74 Å². The fourth-order valence-corrected chi connectivity index (χ4v) is 1.59. The second-order valence-corrected chi connectivity index (χ2v) is 3.86. The summed E-state index contributed by atoms with van der Waals surface area (Å²) in [5.41, 5.74) is 0. The third kappa shape index (κ3) is 1.94. The zero-order chi connectivity index (χ0) is 7.68. The molecule has 1 aliphatic carbocycles. The molecule has 1 heterocycles. The molecule has 1 N–H and O–H groups in total. The van der Waals surface area contributed by atoms with E-state index in [1.807, 2.05) is 0 Å². The lowest BCUT2D eigenvalue weighted by molar-refractivity contribution is 0.0931. The molecule has 2 atom stereocenters. The topological polar surface area (TPSA) is 21.3 Å². The Morgan fingerprint density at radius 2 is 2.18 bits per heavy atom. The summed E-state index contributed by atoms with van der Waals surface area (Å²) in [6.07, 6.45) is 4.50. The standard InChI is InChI=1S/C9H17NO/c1-7-4-5-11-9(7)6-10-8-2-3-8/h7-10H,2-6H2,1H3. The lowest BCUT2D eigenvalue weighted by Gasteiger charge is -2.14. The van der Waals surface area contributed by atoms with E-state index in [1.54, 1.807) is 0 Å². The van der Waals surface area contributed by atoms with E-state index in [9.17, 15) is 0 Å². The first-order chi connectivity index (χ1) is 5.36. The molecule has 0 aromatic heterocycles. The van der Waals surface area contributed by atoms with Crippen LogP contribution in [0.25, 0.3) is 0 Å². The molecule has 1 saturated carbocycles. The summed E-state index contributed by atoms with van der Waals surface area (Å²) >= 11 is 0. The van der Waals surface area contributed by atoms with Gasteiger partial charge >= 0.3 is 0 Å². The lowest BCUT2D eigenvalue weighted by atomic mass is 10.0. The molecule has 1 saturated heterocycles. The Morgan fingerprint density at radius 1 is 1.36 bits per heavy atom. The van der Waals surface area contributed by atoms with Gasteiger partial charge in [0.1, 0.15) is 0 Å². The molecule has 0 spiro atoms. The van der Waals surface area contributed by atoms with Gasteiger partial charge in [-0.1, -0.05) is 6.92 Å². The van der Waals surface area contributed by atoms with Crippen LogP contribution in [-0.4, -0.2) is 25.3 Å². The largest absolute Gasteiger partial charge is 0.377 e. The van der Waals surface area contributed by atoms with Crippen molar-refractivity contribution < 1.29 is 4.74 Å². The maximum atomic E-state index is 5.58. The van der Waals surface area contributed by atoms with E-state index >= 15 is 0 Å². The molecule has 0 aromatic carbocycles. The van der Waals surface area contributed by atoms with Crippen molar-refractivity contribution in [3.05, 3.63) is 0 Å². The zero-order valence-corrected chi connectivity index (χ0v) is 7.18. The average molecular weight is 155 g/mol. The fraction of sp³-hybridized carbons (Fsp3) is 1.00. The van der Waals surface area contributed by atoms with Crippen molar-refractivity contribution in [2.75, 3.05) is 13.2 Å². The minimum Gasteiger partial charge on any atom is -0.377 e. The number of nitrogens with one attached hydrogen (secondary N) is 1. The van der Waals surface area contributed by atoms with Crippen molar-refractivity contribution in [2.24, 2.45) is 5.92 Å². The summed E-state index contributed by atoms with van der Waals surface area (Å²) in [6, 6.07) is 0.825. The minimum atomic E-state index is 0.496. The first-order valence-electron chi connectivity index (χ1n) is 4.71. The Labute approximate surface area is 68.3 Å². The molecule has 0 amide bonds. The number of hydrogen-bond acceptors (Lipinski definition) is 2. The Morgan fingerprint density at radius 3 is 2.73 bits per heavy atom. The summed E-state index contributed by atoms with van der Waals surface area (Å²) in [6.45, 7) is 4.33. The Balaban J connectivity index is 1.67. The summed E-state index contributed by atoms with van der Waals surface area (Å²) in [7, 11) is 0. The van der Waals surface area contributed by atoms with Crippen LogP contribution in [0, 0.1) is 5.92 Å². The second-order valence-electron chi connectivity index (χ2n) is 3.86. The van der Waals surface area contributed by atoms with Gasteiger partial charge in [-0.25, -0.2) is 0 Å². The van der Waals surface area contributed by atoms with Gasteiger partial charge in [0.2, 0.25) is 0 Å². The number of ether oxygens (including phenoxy) is 1. The van der Waals surface area contributed by atoms with Gasteiger partial charge < -0.3 is 10.1 Å². The van der Waals surface area contributed by atoms with Gasteiger partial charge in [0, 0.05) is 19.2 Å². The van der Waals surface area contributed by atoms with Crippen LogP contribution in [0.1, 0.15) is 26.2 Å². The molecule has 2 nitrogen and oxygen atoms in total. The molecule has 64 valence electrons. The summed E-state index contributed by atoms with van der Waals surface area (Å²) in [5, 5.41) is 3.50. The smallest absolute Gasteiger partial charge is 0.0725 e. The van der Waals surface area contributed by atoms with Crippen LogP contribution in [-0.2, 0) is 4.74 Å².